The lowest BCUT2D eigenvalue weighted by Crippen LogP contribution is -2.14. The summed E-state index contributed by atoms with van der Waals surface area (Å²) in [5.74, 6) is -1.04. The maximum atomic E-state index is 13.7. The van der Waals surface area contributed by atoms with Crippen LogP contribution in [0, 0.1) is 12.1 Å². The topological polar surface area (TPSA) is 0 Å². The van der Waals surface area contributed by atoms with Crippen LogP contribution in [0.4, 0.5) is 52.7 Å². The van der Waals surface area contributed by atoms with Crippen LogP contribution in [-0.4, -0.2) is 0 Å². The van der Waals surface area contributed by atoms with Crippen LogP contribution in [0.2, 0.25) is 0 Å². The molecule has 0 aliphatic heterocycles. The van der Waals surface area contributed by atoms with Crippen molar-refractivity contribution in [2.24, 2.45) is 0 Å². The van der Waals surface area contributed by atoms with Gasteiger partial charge in [-0.25, -0.2) is 0 Å². The van der Waals surface area contributed by atoms with E-state index < -0.39 is 64.0 Å². The number of hydrogen-bond acceptors (Lipinski definition) is 0. The smallest absolute Gasteiger partial charge is 0.166 e. The first-order chi connectivity index (χ1) is 22.3. The van der Waals surface area contributed by atoms with Crippen LogP contribution in [-0.2, 0) is 31.1 Å². The molecule has 48 heavy (non-hydrogen) atoms. The normalized spacial score (nSPS) is 15.8. The lowest BCUT2D eigenvalue weighted by molar-refractivity contribution is -0.144. The fourth-order valence-electron chi connectivity index (χ4n) is 5.78. The van der Waals surface area contributed by atoms with Crippen molar-refractivity contribution >= 4 is 16.3 Å². The number of fused-ring (bicyclic) bond motifs is 2. The molecule has 0 unspecified atom stereocenters. The van der Waals surface area contributed by atoms with E-state index in [1.807, 2.05) is 0 Å². The van der Waals surface area contributed by atoms with Crippen molar-refractivity contribution in [2.45, 2.75) is 37.0 Å². The molecule has 2 radical (unpaired) electrons. The number of hydrogen-bond donors (Lipinski definition) is 0. The summed E-state index contributed by atoms with van der Waals surface area (Å²) in [5, 5.41) is 0.829. The minimum absolute atomic E-state index is 0.00406. The molecule has 0 nitrogen and oxygen atoms in total. The second-order valence-corrected chi connectivity index (χ2v) is 11.2. The average molecular weight is 679 g/mol. The van der Waals surface area contributed by atoms with E-state index in [0.29, 0.717) is 46.2 Å². The Kier molecular flexibility index (Phi) is 7.91. The Hall–Kier alpha value is -4.74. The molecule has 0 N–H and O–H groups in total. The monoisotopic (exact) mass is 678 g/mol. The van der Waals surface area contributed by atoms with Crippen LogP contribution in [0.5, 0.6) is 0 Å². The fourth-order valence-corrected chi connectivity index (χ4v) is 5.78. The average Bonchev–Trinajstić information content (AvgIpc) is 3.01. The minimum atomic E-state index is -5.12. The van der Waals surface area contributed by atoms with Gasteiger partial charge in [0.1, 0.15) is 0 Å². The van der Waals surface area contributed by atoms with Gasteiger partial charge in [-0.05, 0) is 111 Å². The predicted molar refractivity (Wildman–Crippen MR) is 153 cm³/mol. The fraction of sp³-hybridized carbons (Fsp3) is 0.167. The quantitative estimate of drug-likeness (QED) is 0.167. The molecule has 5 aromatic rings. The second kappa shape index (κ2) is 11.5. The molecule has 0 bridgehead atoms. The number of benzene rings is 5. The van der Waals surface area contributed by atoms with E-state index in [1.54, 1.807) is 48.5 Å². The standard InChI is InChI=1S/C36H18F12/c37-33(38,39)25-11-23(12-26(17-25)34(40,41)42)21-9-19-5-1-3-7-29(19)31(15-21)32-16-22(10-20-6-2-4-8-30(20)32)24-13-27(35(43,44)45)18-28(14-24)36(46,47)48/h1-9,11-14,17-18,32H,10H2/t32-/m1/s1. The third-order valence-corrected chi connectivity index (χ3v) is 8.00. The highest BCUT2D eigenvalue weighted by molar-refractivity contribution is 5.92. The predicted octanol–water partition coefficient (Wildman–Crippen LogP) is 12.0. The van der Waals surface area contributed by atoms with E-state index >= 15 is 0 Å². The maximum absolute atomic E-state index is 13.7. The summed E-state index contributed by atoms with van der Waals surface area (Å²) in [5.41, 5.74) is -5.92. The Balaban J connectivity index is 1.61. The Morgan fingerprint density at radius 3 is 1.54 bits per heavy atom. The Bertz CT molecular complexity index is 1990. The highest BCUT2D eigenvalue weighted by atomic mass is 19.4. The Morgan fingerprint density at radius 1 is 0.521 bits per heavy atom. The summed E-state index contributed by atoms with van der Waals surface area (Å²) < 4.78 is 165. The first-order valence-corrected chi connectivity index (χ1v) is 14.0. The zero-order valence-electron chi connectivity index (χ0n) is 24.0. The van der Waals surface area contributed by atoms with Crippen molar-refractivity contribution < 1.29 is 52.7 Å². The summed E-state index contributed by atoms with van der Waals surface area (Å²) in [7, 11) is 0. The van der Waals surface area contributed by atoms with Gasteiger partial charge in [0.25, 0.3) is 0 Å². The van der Waals surface area contributed by atoms with Crippen molar-refractivity contribution in [3.8, 4) is 11.1 Å². The Labute approximate surface area is 264 Å². The summed E-state index contributed by atoms with van der Waals surface area (Å²) in [6.45, 7) is 0. The van der Waals surface area contributed by atoms with Crippen LogP contribution < -0.4 is 0 Å². The summed E-state index contributed by atoms with van der Waals surface area (Å²) in [6.07, 6.45) is -17.5. The molecule has 0 amide bonds. The van der Waals surface area contributed by atoms with Gasteiger partial charge in [-0.2, -0.15) is 52.7 Å². The largest absolute Gasteiger partial charge is 0.416 e. The van der Waals surface area contributed by atoms with Crippen molar-refractivity contribution in [3.63, 3.8) is 0 Å². The Morgan fingerprint density at radius 2 is 1.00 bits per heavy atom. The SMILES string of the molecule is FC(F)(F)c1cc(C2=[C][C@@H](c3[c]c(-c4cc(C(F)(F)F)cc(C(F)(F)F)c4)cc4ccccc34)c3ccccc3C2)cc(C(F)(F)F)c1. The molecule has 0 fully saturated rings. The maximum Gasteiger partial charge on any atom is 0.416 e. The first-order valence-electron chi connectivity index (χ1n) is 14.0. The zero-order valence-corrected chi connectivity index (χ0v) is 24.0. The summed E-state index contributed by atoms with van der Waals surface area (Å²) >= 11 is 0. The highest BCUT2D eigenvalue weighted by Crippen LogP contribution is 2.45. The van der Waals surface area contributed by atoms with E-state index in [-0.39, 0.29) is 35.3 Å². The van der Waals surface area contributed by atoms with Gasteiger partial charge in [0.15, 0.2) is 0 Å². The molecular weight excluding hydrogens is 660 g/mol. The van der Waals surface area contributed by atoms with E-state index in [0.717, 1.165) is 0 Å². The van der Waals surface area contributed by atoms with Crippen LogP contribution in [0.1, 0.15) is 50.4 Å². The first kappa shape index (κ1) is 33.2. The molecule has 5 aromatic carbocycles. The van der Waals surface area contributed by atoms with Crippen molar-refractivity contribution in [1.29, 1.82) is 0 Å². The van der Waals surface area contributed by atoms with Gasteiger partial charge in [0.2, 0.25) is 0 Å². The zero-order chi connectivity index (χ0) is 34.8. The van der Waals surface area contributed by atoms with Crippen LogP contribution in [0.15, 0.2) is 91.0 Å². The lowest BCUT2D eigenvalue weighted by atomic mass is 9.76. The lowest BCUT2D eigenvalue weighted by Gasteiger charge is -2.27. The van der Waals surface area contributed by atoms with Crippen LogP contribution >= 0.6 is 0 Å². The number of rotatable bonds is 3. The summed E-state index contributed by atoms with van der Waals surface area (Å²) in [4.78, 5) is 0. The molecule has 0 aromatic heterocycles. The third-order valence-electron chi connectivity index (χ3n) is 8.00. The van der Waals surface area contributed by atoms with Crippen molar-refractivity contribution in [3.05, 3.63) is 148 Å². The number of halogens is 12. The van der Waals surface area contributed by atoms with Gasteiger partial charge >= 0.3 is 24.7 Å². The van der Waals surface area contributed by atoms with E-state index in [9.17, 15) is 52.7 Å². The molecule has 1 atom stereocenters. The molecule has 0 spiro atoms. The van der Waals surface area contributed by atoms with E-state index in [4.69, 9.17) is 0 Å². The van der Waals surface area contributed by atoms with Gasteiger partial charge in [-0.1, -0.05) is 48.5 Å². The molecular formula is C36H18F12. The van der Waals surface area contributed by atoms with Crippen LogP contribution in [0.25, 0.3) is 27.5 Å². The van der Waals surface area contributed by atoms with Crippen molar-refractivity contribution in [2.75, 3.05) is 0 Å². The van der Waals surface area contributed by atoms with Gasteiger partial charge in [-0.3, -0.25) is 0 Å². The molecule has 0 saturated carbocycles. The molecule has 1 aliphatic carbocycles. The molecule has 0 saturated heterocycles. The van der Waals surface area contributed by atoms with E-state index in [2.05, 4.69) is 12.1 Å². The molecule has 246 valence electrons. The van der Waals surface area contributed by atoms with Gasteiger partial charge in [0.05, 0.1) is 22.3 Å². The van der Waals surface area contributed by atoms with Gasteiger partial charge in [0, 0.05) is 5.92 Å². The van der Waals surface area contributed by atoms with Crippen LogP contribution in [0.3, 0.4) is 0 Å². The van der Waals surface area contributed by atoms with Gasteiger partial charge in [-0.15, -0.1) is 0 Å². The second-order valence-electron chi connectivity index (χ2n) is 11.2. The third kappa shape index (κ3) is 6.52. The number of allylic oxidation sites excluding steroid dienone is 2. The number of alkyl halides is 12. The summed E-state index contributed by atoms with van der Waals surface area (Å²) in [6, 6.07) is 19.5. The van der Waals surface area contributed by atoms with Gasteiger partial charge < -0.3 is 0 Å². The highest BCUT2D eigenvalue weighted by Gasteiger charge is 2.39. The van der Waals surface area contributed by atoms with Crippen molar-refractivity contribution in [1.82, 2.24) is 0 Å². The minimum Gasteiger partial charge on any atom is -0.166 e. The molecule has 12 heteroatoms. The molecule has 6 rings (SSSR count). The molecule has 1 aliphatic rings. The van der Waals surface area contributed by atoms with E-state index in [1.165, 1.54) is 6.07 Å². The molecule has 0 heterocycles.